The van der Waals surface area contributed by atoms with E-state index >= 15 is 0 Å². The van der Waals surface area contributed by atoms with Gasteiger partial charge in [0, 0.05) is 0 Å². The summed E-state index contributed by atoms with van der Waals surface area (Å²) < 4.78 is 4.82. The van der Waals surface area contributed by atoms with E-state index < -0.39 is 0 Å². The zero-order valence-corrected chi connectivity index (χ0v) is 10.6. The molecule has 0 fully saturated rings. The fourth-order valence-corrected chi connectivity index (χ4v) is 1.69. The van der Waals surface area contributed by atoms with Crippen LogP contribution in [0, 0.1) is 0 Å². The second-order valence-electron chi connectivity index (χ2n) is 3.97. The summed E-state index contributed by atoms with van der Waals surface area (Å²) in [6, 6.07) is 9.66. The predicted octanol–water partition coefficient (Wildman–Crippen LogP) is 3.82. The highest BCUT2D eigenvalue weighted by Gasteiger charge is 2.10. The van der Waals surface area contributed by atoms with E-state index in [9.17, 15) is 4.79 Å². The molecule has 0 amide bonds. The SMILES string of the molecule is CCCCC/C=C(\C(=O)OC)c1ccccc1. The van der Waals surface area contributed by atoms with E-state index in [1.807, 2.05) is 36.4 Å². The number of hydrogen-bond acceptors (Lipinski definition) is 2. The number of carbonyl (C=O) groups excluding carboxylic acids is 1. The van der Waals surface area contributed by atoms with Crippen LogP contribution in [0.1, 0.15) is 38.2 Å². The van der Waals surface area contributed by atoms with Gasteiger partial charge in [-0.1, -0.05) is 56.2 Å². The quantitative estimate of drug-likeness (QED) is 0.423. The maximum Gasteiger partial charge on any atom is 0.338 e. The van der Waals surface area contributed by atoms with Crippen molar-refractivity contribution in [2.45, 2.75) is 32.6 Å². The van der Waals surface area contributed by atoms with Gasteiger partial charge in [-0.25, -0.2) is 4.79 Å². The van der Waals surface area contributed by atoms with Gasteiger partial charge in [0.2, 0.25) is 0 Å². The minimum absolute atomic E-state index is 0.257. The molecule has 92 valence electrons. The Balaban J connectivity index is 2.78. The van der Waals surface area contributed by atoms with Crippen molar-refractivity contribution in [2.75, 3.05) is 7.11 Å². The Hall–Kier alpha value is -1.57. The third-order valence-electron chi connectivity index (χ3n) is 2.65. The van der Waals surface area contributed by atoms with Crippen LogP contribution in [0.15, 0.2) is 36.4 Å². The number of methoxy groups -OCH3 is 1. The van der Waals surface area contributed by atoms with Crippen LogP contribution in [0.3, 0.4) is 0 Å². The molecule has 0 aromatic heterocycles. The van der Waals surface area contributed by atoms with Crippen LogP contribution in [-0.2, 0) is 9.53 Å². The van der Waals surface area contributed by atoms with E-state index in [1.54, 1.807) is 0 Å². The summed E-state index contributed by atoms with van der Waals surface area (Å²) in [6.45, 7) is 2.17. The molecule has 1 rings (SSSR count). The van der Waals surface area contributed by atoms with Crippen LogP contribution in [0.2, 0.25) is 0 Å². The molecule has 0 atom stereocenters. The molecule has 2 nitrogen and oxygen atoms in total. The van der Waals surface area contributed by atoms with Crippen molar-refractivity contribution in [3.05, 3.63) is 42.0 Å². The van der Waals surface area contributed by atoms with Gasteiger partial charge in [-0.15, -0.1) is 0 Å². The molecule has 1 aromatic rings. The van der Waals surface area contributed by atoms with Gasteiger partial charge in [0.1, 0.15) is 0 Å². The number of rotatable bonds is 6. The van der Waals surface area contributed by atoms with Gasteiger partial charge in [-0.2, -0.15) is 0 Å². The molecule has 0 saturated heterocycles. The lowest BCUT2D eigenvalue weighted by atomic mass is 10.0. The summed E-state index contributed by atoms with van der Waals surface area (Å²) in [5, 5.41) is 0. The Morgan fingerprint density at radius 1 is 1.24 bits per heavy atom. The molecule has 0 aliphatic heterocycles. The third kappa shape index (κ3) is 4.43. The summed E-state index contributed by atoms with van der Waals surface area (Å²) in [6.07, 6.45) is 6.40. The molecular formula is C15H20O2. The molecule has 0 bridgehead atoms. The van der Waals surface area contributed by atoms with Crippen molar-refractivity contribution >= 4 is 11.5 Å². The summed E-state index contributed by atoms with van der Waals surface area (Å²) in [4.78, 5) is 11.7. The fraction of sp³-hybridized carbons (Fsp3) is 0.400. The van der Waals surface area contributed by atoms with Gasteiger partial charge in [0.25, 0.3) is 0 Å². The normalized spacial score (nSPS) is 11.3. The Labute approximate surface area is 103 Å². The molecule has 0 radical (unpaired) electrons. The van der Waals surface area contributed by atoms with E-state index in [4.69, 9.17) is 4.74 Å². The van der Waals surface area contributed by atoms with Crippen molar-refractivity contribution in [1.82, 2.24) is 0 Å². The van der Waals surface area contributed by atoms with E-state index in [2.05, 4.69) is 6.92 Å². The van der Waals surface area contributed by atoms with Crippen LogP contribution in [0.4, 0.5) is 0 Å². The van der Waals surface area contributed by atoms with E-state index in [0.29, 0.717) is 5.57 Å². The van der Waals surface area contributed by atoms with Crippen molar-refractivity contribution in [1.29, 1.82) is 0 Å². The van der Waals surface area contributed by atoms with E-state index in [0.717, 1.165) is 18.4 Å². The molecular weight excluding hydrogens is 212 g/mol. The second-order valence-corrected chi connectivity index (χ2v) is 3.97. The molecule has 0 aliphatic rings. The standard InChI is InChI=1S/C15H20O2/c1-3-4-5-9-12-14(15(16)17-2)13-10-7-6-8-11-13/h6-8,10-12H,3-5,9H2,1-2H3/b14-12-. The lowest BCUT2D eigenvalue weighted by Crippen LogP contribution is -2.03. The van der Waals surface area contributed by atoms with Crippen molar-refractivity contribution in [3.8, 4) is 0 Å². The maximum absolute atomic E-state index is 11.7. The monoisotopic (exact) mass is 232 g/mol. The molecule has 17 heavy (non-hydrogen) atoms. The predicted molar refractivity (Wildman–Crippen MR) is 70.6 cm³/mol. The molecule has 0 saturated carbocycles. The highest BCUT2D eigenvalue weighted by Crippen LogP contribution is 2.17. The van der Waals surface area contributed by atoms with Crippen LogP contribution < -0.4 is 0 Å². The summed E-state index contributed by atoms with van der Waals surface area (Å²) in [5.74, 6) is -0.257. The molecule has 0 N–H and O–H groups in total. The Kier molecular flexibility index (Phi) is 6.08. The minimum atomic E-state index is -0.257. The van der Waals surface area contributed by atoms with Gasteiger partial charge < -0.3 is 4.74 Å². The summed E-state index contributed by atoms with van der Waals surface area (Å²) in [7, 11) is 1.42. The number of carbonyl (C=O) groups is 1. The van der Waals surface area contributed by atoms with Crippen LogP contribution in [0.5, 0.6) is 0 Å². The lowest BCUT2D eigenvalue weighted by molar-refractivity contribution is -0.133. The van der Waals surface area contributed by atoms with Crippen molar-refractivity contribution < 1.29 is 9.53 Å². The van der Waals surface area contributed by atoms with Gasteiger partial charge >= 0.3 is 5.97 Å². The average molecular weight is 232 g/mol. The Bertz CT molecular complexity index is 366. The topological polar surface area (TPSA) is 26.3 Å². The van der Waals surface area contributed by atoms with Gasteiger partial charge in [0.05, 0.1) is 12.7 Å². The average Bonchev–Trinajstić information content (AvgIpc) is 2.39. The van der Waals surface area contributed by atoms with Gasteiger partial charge in [-0.05, 0) is 18.4 Å². The molecule has 0 aliphatic carbocycles. The third-order valence-corrected chi connectivity index (χ3v) is 2.65. The molecule has 0 spiro atoms. The second kappa shape index (κ2) is 7.66. The number of ether oxygens (including phenoxy) is 1. The largest absolute Gasteiger partial charge is 0.465 e. The first kappa shape index (κ1) is 13.5. The number of allylic oxidation sites excluding steroid dienone is 1. The maximum atomic E-state index is 11.7. The molecule has 0 unspecified atom stereocenters. The smallest absolute Gasteiger partial charge is 0.338 e. The first-order valence-corrected chi connectivity index (χ1v) is 6.13. The van der Waals surface area contributed by atoms with Gasteiger partial charge in [0.15, 0.2) is 0 Å². The van der Waals surface area contributed by atoms with Gasteiger partial charge in [-0.3, -0.25) is 0 Å². The fourth-order valence-electron chi connectivity index (χ4n) is 1.69. The summed E-state index contributed by atoms with van der Waals surface area (Å²) >= 11 is 0. The molecule has 1 aromatic carbocycles. The minimum Gasteiger partial charge on any atom is -0.465 e. The Morgan fingerprint density at radius 2 is 1.94 bits per heavy atom. The lowest BCUT2D eigenvalue weighted by Gasteiger charge is -2.05. The van der Waals surface area contributed by atoms with E-state index in [1.165, 1.54) is 20.0 Å². The molecule has 0 heterocycles. The van der Waals surface area contributed by atoms with Crippen LogP contribution in [-0.4, -0.2) is 13.1 Å². The van der Waals surface area contributed by atoms with Crippen LogP contribution in [0.25, 0.3) is 5.57 Å². The van der Waals surface area contributed by atoms with Crippen molar-refractivity contribution in [3.63, 3.8) is 0 Å². The summed E-state index contributed by atoms with van der Waals surface area (Å²) in [5.41, 5.74) is 1.60. The first-order chi connectivity index (χ1) is 8.29. The zero-order valence-electron chi connectivity index (χ0n) is 10.6. The first-order valence-electron chi connectivity index (χ1n) is 6.13. The number of esters is 1. The number of benzene rings is 1. The number of unbranched alkanes of at least 4 members (excludes halogenated alkanes) is 3. The highest BCUT2D eigenvalue weighted by atomic mass is 16.5. The van der Waals surface area contributed by atoms with Crippen LogP contribution >= 0.6 is 0 Å². The highest BCUT2D eigenvalue weighted by molar-refractivity contribution is 6.16. The number of hydrogen-bond donors (Lipinski definition) is 0. The van der Waals surface area contributed by atoms with E-state index in [-0.39, 0.29) is 5.97 Å². The molecule has 2 heteroatoms. The van der Waals surface area contributed by atoms with Crippen molar-refractivity contribution in [2.24, 2.45) is 0 Å². The zero-order chi connectivity index (χ0) is 12.5. The Morgan fingerprint density at radius 3 is 2.53 bits per heavy atom.